The summed E-state index contributed by atoms with van der Waals surface area (Å²) in [7, 11) is -1.74. The molecule has 0 atom stereocenters. The Hall–Kier alpha value is -1.82. The number of halogens is 3. The van der Waals surface area contributed by atoms with Crippen LogP contribution < -0.4 is 10.6 Å². The summed E-state index contributed by atoms with van der Waals surface area (Å²) in [4.78, 5) is 4.18. The normalized spacial score (nSPS) is 17.6. The molecule has 1 aliphatic heterocycles. The van der Waals surface area contributed by atoms with Crippen molar-refractivity contribution in [2.24, 2.45) is 12.0 Å². The Bertz CT molecular complexity index is 827. The number of aryl methyl sites for hydroxylation is 2. The maximum Gasteiger partial charge on any atom is 0.511 e. The third-order valence-electron chi connectivity index (χ3n) is 5.11. The molecule has 0 saturated carbocycles. The maximum absolute atomic E-state index is 12.7. The second kappa shape index (κ2) is 9.33. The van der Waals surface area contributed by atoms with Crippen molar-refractivity contribution in [3.8, 4) is 0 Å². The summed E-state index contributed by atoms with van der Waals surface area (Å²) in [5.74, 6) is 0.523. The zero-order valence-corrected chi connectivity index (χ0v) is 18.0. The van der Waals surface area contributed by atoms with Crippen LogP contribution in [0.1, 0.15) is 43.6 Å². The largest absolute Gasteiger partial charge is 0.511 e. The molecule has 0 amide bonds. The number of alkyl halides is 3. The van der Waals surface area contributed by atoms with Gasteiger partial charge in [0.2, 0.25) is 0 Å². The van der Waals surface area contributed by atoms with Crippen LogP contribution >= 0.6 is 0 Å². The Labute approximate surface area is 169 Å². The number of rotatable bonds is 6. The predicted molar refractivity (Wildman–Crippen MR) is 105 cm³/mol. The van der Waals surface area contributed by atoms with Gasteiger partial charge < -0.3 is 10.6 Å². The highest BCUT2D eigenvalue weighted by Gasteiger charge is 2.50. The van der Waals surface area contributed by atoms with Crippen molar-refractivity contribution >= 4 is 16.0 Å². The smallest absolute Gasteiger partial charge is 0.354 e. The van der Waals surface area contributed by atoms with E-state index in [0.717, 1.165) is 29.8 Å². The second-order valence-electron chi connectivity index (χ2n) is 6.90. The lowest BCUT2D eigenvalue weighted by atomic mass is 10.1. The standard InChI is InChI=1S/C17H29F3N6O2S/c1-5-14-13(15(6-2)25(4)24-14)11-22-16(21-3)23-12-7-9-26(10-8-12)29(27,28)17(18,19)20/h12H,5-11H2,1-4H3,(H2,21,22,23). The SMILES string of the molecule is CCc1nn(C)c(CC)c1CNC(=NC)NC1CCN(S(=O)(=O)C(F)(F)F)CC1. The number of sulfonamides is 1. The molecule has 2 heterocycles. The molecule has 1 aromatic heterocycles. The van der Waals surface area contributed by atoms with Crippen molar-refractivity contribution in [1.29, 1.82) is 0 Å². The highest BCUT2D eigenvalue weighted by molar-refractivity contribution is 7.90. The number of nitrogens with one attached hydrogen (secondary N) is 2. The van der Waals surface area contributed by atoms with Gasteiger partial charge in [0.1, 0.15) is 0 Å². The Morgan fingerprint density at radius 3 is 2.34 bits per heavy atom. The molecule has 29 heavy (non-hydrogen) atoms. The molecule has 0 bridgehead atoms. The van der Waals surface area contributed by atoms with E-state index >= 15 is 0 Å². The molecule has 0 unspecified atom stereocenters. The van der Waals surface area contributed by atoms with Crippen molar-refractivity contribution in [2.45, 2.75) is 57.6 Å². The quantitative estimate of drug-likeness (QED) is 0.519. The first-order chi connectivity index (χ1) is 13.5. The number of hydrogen-bond acceptors (Lipinski definition) is 4. The molecule has 1 aromatic rings. The third-order valence-corrected chi connectivity index (χ3v) is 6.74. The zero-order chi connectivity index (χ0) is 21.8. The summed E-state index contributed by atoms with van der Waals surface area (Å²) in [5.41, 5.74) is -2.00. The average molecular weight is 439 g/mol. The van der Waals surface area contributed by atoms with Gasteiger partial charge in [0, 0.05) is 51.0 Å². The van der Waals surface area contributed by atoms with Crippen LogP contribution in [0.15, 0.2) is 4.99 Å². The average Bonchev–Trinajstić information content (AvgIpc) is 2.99. The lowest BCUT2D eigenvalue weighted by molar-refractivity contribution is -0.0494. The van der Waals surface area contributed by atoms with Crippen molar-refractivity contribution in [1.82, 2.24) is 24.7 Å². The van der Waals surface area contributed by atoms with Gasteiger partial charge in [0.15, 0.2) is 5.96 Å². The van der Waals surface area contributed by atoms with E-state index < -0.39 is 15.5 Å². The van der Waals surface area contributed by atoms with Gasteiger partial charge >= 0.3 is 15.5 Å². The number of aliphatic imine (C=N–C) groups is 1. The number of piperidine rings is 1. The predicted octanol–water partition coefficient (Wildman–Crippen LogP) is 1.52. The van der Waals surface area contributed by atoms with E-state index in [-0.39, 0.29) is 32.0 Å². The van der Waals surface area contributed by atoms with E-state index in [9.17, 15) is 21.6 Å². The van der Waals surface area contributed by atoms with Crippen LogP contribution in [0.25, 0.3) is 0 Å². The molecule has 2 rings (SSSR count). The van der Waals surface area contributed by atoms with E-state index in [1.165, 1.54) is 0 Å². The molecular formula is C17H29F3N6O2S. The Morgan fingerprint density at radius 2 is 1.86 bits per heavy atom. The second-order valence-corrected chi connectivity index (χ2v) is 8.83. The monoisotopic (exact) mass is 438 g/mol. The van der Waals surface area contributed by atoms with Crippen LogP contribution in [0, 0.1) is 0 Å². The maximum atomic E-state index is 12.7. The van der Waals surface area contributed by atoms with E-state index in [1.807, 2.05) is 18.7 Å². The van der Waals surface area contributed by atoms with Gasteiger partial charge in [-0.05, 0) is 25.7 Å². The van der Waals surface area contributed by atoms with Crippen molar-refractivity contribution < 1.29 is 21.6 Å². The minimum atomic E-state index is -5.27. The minimum absolute atomic E-state index is 0.161. The van der Waals surface area contributed by atoms with Crippen LogP contribution in [0.3, 0.4) is 0 Å². The zero-order valence-electron chi connectivity index (χ0n) is 17.2. The van der Waals surface area contributed by atoms with Gasteiger partial charge in [-0.3, -0.25) is 9.67 Å². The first kappa shape index (κ1) is 23.5. The molecule has 1 fully saturated rings. The molecule has 1 aliphatic rings. The Balaban J connectivity index is 1.95. The fraction of sp³-hybridized carbons (Fsp3) is 0.765. The summed E-state index contributed by atoms with van der Waals surface area (Å²) in [6, 6.07) is -0.161. The molecule has 166 valence electrons. The fourth-order valence-corrected chi connectivity index (χ4v) is 4.53. The van der Waals surface area contributed by atoms with Crippen LogP contribution in [0.4, 0.5) is 13.2 Å². The molecule has 8 nitrogen and oxygen atoms in total. The number of nitrogens with zero attached hydrogens (tertiary/aromatic N) is 4. The lowest BCUT2D eigenvalue weighted by Gasteiger charge is -2.32. The fourth-order valence-electron chi connectivity index (χ4n) is 3.54. The molecule has 0 radical (unpaired) electrons. The molecule has 2 N–H and O–H groups in total. The lowest BCUT2D eigenvalue weighted by Crippen LogP contribution is -2.51. The van der Waals surface area contributed by atoms with Gasteiger partial charge in [-0.15, -0.1) is 0 Å². The van der Waals surface area contributed by atoms with E-state index in [1.54, 1.807) is 7.05 Å². The first-order valence-electron chi connectivity index (χ1n) is 9.62. The molecule has 1 saturated heterocycles. The van der Waals surface area contributed by atoms with Crippen LogP contribution in [0.5, 0.6) is 0 Å². The van der Waals surface area contributed by atoms with E-state index in [4.69, 9.17) is 0 Å². The minimum Gasteiger partial charge on any atom is -0.354 e. The Morgan fingerprint density at radius 1 is 1.24 bits per heavy atom. The Kier molecular flexibility index (Phi) is 7.55. The van der Waals surface area contributed by atoms with Crippen molar-refractivity contribution in [2.75, 3.05) is 20.1 Å². The van der Waals surface area contributed by atoms with Gasteiger partial charge in [0.05, 0.1) is 5.69 Å². The molecular weight excluding hydrogens is 409 g/mol. The first-order valence-corrected chi connectivity index (χ1v) is 11.1. The van der Waals surface area contributed by atoms with Crippen LogP contribution in [0.2, 0.25) is 0 Å². The van der Waals surface area contributed by atoms with Crippen molar-refractivity contribution in [3.05, 3.63) is 17.0 Å². The number of guanidine groups is 1. The van der Waals surface area contributed by atoms with Crippen molar-refractivity contribution in [3.63, 3.8) is 0 Å². The number of hydrogen-bond donors (Lipinski definition) is 2. The molecule has 0 aliphatic carbocycles. The molecule has 0 spiro atoms. The van der Waals surface area contributed by atoms with Crippen LogP contribution in [-0.4, -0.2) is 60.2 Å². The summed E-state index contributed by atoms with van der Waals surface area (Å²) in [6.07, 6.45) is 2.19. The summed E-state index contributed by atoms with van der Waals surface area (Å²) in [6.45, 7) is 4.27. The summed E-state index contributed by atoms with van der Waals surface area (Å²) >= 11 is 0. The highest BCUT2D eigenvalue weighted by atomic mass is 32.2. The van der Waals surface area contributed by atoms with Gasteiger partial charge in [-0.1, -0.05) is 13.8 Å². The molecule has 0 aromatic carbocycles. The van der Waals surface area contributed by atoms with Gasteiger partial charge in [-0.25, -0.2) is 8.42 Å². The van der Waals surface area contributed by atoms with Gasteiger partial charge in [0.25, 0.3) is 0 Å². The summed E-state index contributed by atoms with van der Waals surface area (Å²) < 4.78 is 63.5. The van der Waals surface area contributed by atoms with E-state index in [2.05, 4.69) is 27.6 Å². The van der Waals surface area contributed by atoms with Crippen LogP contribution in [-0.2, 0) is 36.5 Å². The number of aromatic nitrogens is 2. The third kappa shape index (κ3) is 5.21. The van der Waals surface area contributed by atoms with Gasteiger partial charge in [-0.2, -0.15) is 22.6 Å². The highest BCUT2D eigenvalue weighted by Crippen LogP contribution is 2.28. The van der Waals surface area contributed by atoms with E-state index in [0.29, 0.717) is 16.8 Å². The topological polar surface area (TPSA) is 91.6 Å². The molecule has 12 heteroatoms. The summed E-state index contributed by atoms with van der Waals surface area (Å²) in [5, 5.41) is 10.9.